The van der Waals surface area contributed by atoms with Gasteiger partial charge in [-0.2, -0.15) is 19.3 Å². The Morgan fingerprint density at radius 1 is 0.814 bits per heavy atom. The average molecular weight is 868 g/mol. The van der Waals surface area contributed by atoms with E-state index in [1.807, 2.05) is 78.5 Å². The van der Waals surface area contributed by atoms with E-state index in [1.54, 1.807) is 6.20 Å². The fourth-order valence-corrected chi connectivity index (χ4v) is 7.13. The fraction of sp³-hybridized carbons (Fsp3) is 0.526. The second kappa shape index (κ2) is 20.9. The normalized spacial score (nSPS) is 16.5. The van der Waals surface area contributed by atoms with Crippen molar-refractivity contribution in [2.45, 2.75) is 104 Å². The molecule has 0 spiro atoms. The molecular weight excluding hydrogens is 816 g/mol. The zero-order valence-corrected chi connectivity index (χ0v) is 36.9. The van der Waals surface area contributed by atoms with Crippen LogP contribution >= 0.6 is 34.7 Å². The number of carbonyl (C=O) groups is 2. The van der Waals surface area contributed by atoms with Crippen LogP contribution in [0.15, 0.2) is 24.5 Å². The standard InChI is InChI=1S/C19H25N7O2S.C15H20ClN5O2.C4H6N2S/c1-12-8-16(29-25-12)24-17-14(9-20)21-10-15(23-17)26-7-5-6-13(11-26)22-18(27)28-19(2,3)4;1-15(2,3)23-14(22)19-10-5-4-6-21(9-10)12-8-18-11(7-17)13(16)20-12;1-3-2-4(5)7-6-3/h8,10,13H,5-7,11H2,1-4H3,(H,22,27)(H,23,24);8,10H,4-6,9H2,1-3H3,(H,19,22);2H,5H2,1H3. The van der Waals surface area contributed by atoms with Gasteiger partial charge in [0.25, 0.3) is 0 Å². The first-order valence-electron chi connectivity index (χ1n) is 18.9. The molecule has 2 amide bonds. The molecule has 18 nitrogen and oxygen atoms in total. The second-order valence-corrected chi connectivity index (χ2v) is 17.7. The molecule has 0 bridgehead atoms. The van der Waals surface area contributed by atoms with Crippen molar-refractivity contribution in [2.24, 2.45) is 0 Å². The number of ether oxygens (including phenoxy) is 2. The van der Waals surface area contributed by atoms with Gasteiger partial charge >= 0.3 is 12.2 Å². The molecule has 6 rings (SSSR count). The number of amides is 2. The summed E-state index contributed by atoms with van der Waals surface area (Å²) in [6.07, 6.45) is 5.82. The number of nitrogens with one attached hydrogen (secondary N) is 3. The summed E-state index contributed by atoms with van der Waals surface area (Å²) in [5.74, 6) is 1.66. The summed E-state index contributed by atoms with van der Waals surface area (Å²) in [7, 11) is 0. The molecule has 4 aromatic heterocycles. The Morgan fingerprint density at radius 2 is 1.31 bits per heavy atom. The maximum absolute atomic E-state index is 12.1. The Morgan fingerprint density at radius 3 is 1.71 bits per heavy atom. The van der Waals surface area contributed by atoms with E-state index in [1.165, 1.54) is 29.3 Å². The topological polar surface area (TPSA) is 246 Å². The highest BCUT2D eigenvalue weighted by atomic mass is 35.5. The van der Waals surface area contributed by atoms with E-state index < -0.39 is 23.4 Å². The molecule has 2 saturated heterocycles. The largest absolute Gasteiger partial charge is 0.444 e. The minimum absolute atomic E-state index is 0.0326. The number of nitriles is 2. The van der Waals surface area contributed by atoms with Crippen LogP contribution in [-0.2, 0) is 9.47 Å². The van der Waals surface area contributed by atoms with Gasteiger partial charge in [-0.25, -0.2) is 29.5 Å². The quantitative estimate of drug-likeness (QED) is 0.154. The second-order valence-electron chi connectivity index (χ2n) is 15.7. The zero-order chi connectivity index (χ0) is 43.3. The van der Waals surface area contributed by atoms with Crippen LogP contribution in [0.3, 0.4) is 0 Å². The minimum atomic E-state index is -0.535. The number of hydrogen-bond acceptors (Lipinski definition) is 18. The van der Waals surface area contributed by atoms with Gasteiger partial charge in [0.1, 0.15) is 45.0 Å². The van der Waals surface area contributed by atoms with Gasteiger partial charge in [0.15, 0.2) is 22.4 Å². The summed E-state index contributed by atoms with van der Waals surface area (Å²) in [6, 6.07) is 7.61. The van der Waals surface area contributed by atoms with Crippen molar-refractivity contribution in [3.05, 3.63) is 52.5 Å². The van der Waals surface area contributed by atoms with Gasteiger partial charge in [0.2, 0.25) is 0 Å². The number of halogens is 1. The van der Waals surface area contributed by atoms with Gasteiger partial charge in [0, 0.05) is 38.3 Å². The molecule has 5 N–H and O–H groups in total. The number of aromatic nitrogens is 6. The maximum atomic E-state index is 12.1. The first kappa shape index (κ1) is 46.1. The SMILES string of the molecule is CC(C)(C)OC(=O)NC1CCCN(c2cnc(C#N)c(Cl)n2)C1.Cc1cc(N)sn1.Cc1cc(Nc2nc(N3CCCC(NC(=O)OC(C)(C)C)C3)cnc2C#N)sn1. The van der Waals surface area contributed by atoms with Crippen molar-refractivity contribution in [2.75, 3.05) is 47.0 Å². The number of piperidine rings is 2. The van der Waals surface area contributed by atoms with E-state index in [0.29, 0.717) is 30.5 Å². The van der Waals surface area contributed by atoms with Crippen LogP contribution in [0.25, 0.3) is 0 Å². The number of nitrogens with two attached hydrogens (primary N) is 1. The summed E-state index contributed by atoms with van der Waals surface area (Å²) in [5, 5.41) is 28.8. The van der Waals surface area contributed by atoms with E-state index >= 15 is 0 Å². The molecule has 4 aromatic rings. The predicted octanol–water partition coefficient (Wildman–Crippen LogP) is 6.88. The molecule has 2 aliphatic heterocycles. The van der Waals surface area contributed by atoms with Crippen LogP contribution in [0.4, 0.5) is 37.0 Å². The van der Waals surface area contributed by atoms with Gasteiger partial charge < -0.3 is 41.0 Å². The third kappa shape index (κ3) is 15.6. The zero-order valence-electron chi connectivity index (χ0n) is 34.5. The lowest BCUT2D eigenvalue weighted by molar-refractivity contribution is 0.0488. The van der Waals surface area contributed by atoms with Crippen molar-refractivity contribution in [3.8, 4) is 12.1 Å². The Kier molecular flexibility index (Phi) is 16.3. The monoisotopic (exact) mass is 866 g/mol. The Bertz CT molecular complexity index is 2110. The minimum Gasteiger partial charge on any atom is -0.444 e. The Labute approximate surface area is 357 Å². The number of aryl methyl sites for hydroxylation is 2. The van der Waals surface area contributed by atoms with Gasteiger partial charge in [0.05, 0.1) is 23.8 Å². The van der Waals surface area contributed by atoms with Crippen LogP contribution in [0.2, 0.25) is 5.15 Å². The van der Waals surface area contributed by atoms with E-state index in [4.69, 9.17) is 32.1 Å². The van der Waals surface area contributed by atoms with Crippen LogP contribution in [0.5, 0.6) is 0 Å². The molecule has 0 saturated carbocycles. The molecule has 21 heteroatoms. The lowest BCUT2D eigenvalue weighted by Crippen LogP contribution is -2.49. The first-order chi connectivity index (χ1) is 27.8. The van der Waals surface area contributed by atoms with Crippen LogP contribution in [-0.4, -0.2) is 90.3 Å². The Hall–Kier alpha value is -5.57. The highest BCUT2D eigenvalue weighted by molar-refractivity contribution is 7.10. The number of carbonyl (C=O) groups excluding carboxylic acids is 2. The van der Waals surface area contributed by atoms with Crippen molar-refractivity contribution >= 4 is 74.3 Å². The smallest absolute Gasteiger partial charge is 0.407 e. The molecule has 0 aromatic carbocycles. The van der Waals surface area contributed by atoms with E-state index in [0.717, 1.165) is 60.2 Å². The number of alkyl carbamates (subject to hydrolysis) is 2. The number of rotatable bonds is 6. The van der Waals surface area contributed by atoms with E-state index in [-0.39, 0.29) is 28.6 Å². The summed E-state index contributed by atoms with van der Waals surface area (Å²) in [4.78, 5) is 45.1. The van der Waals surface area contributed by atoms with Crippen molar-refractivity contribution in [3.63, 3.8) is 0 Å². The maximum Gasteiger partial charge on any atom is 0.407 e. The first-order valence-corrected chi connectivity index (χ1v) is 20.8. The lowest BCUT2D eigenvalue weighted by atomic mass is 10.1. The van der Waals surface area contributed by atoms with Crippen LogP contribution in [0.1, 0.15) is 90.0 Å². The van der Waals surface area contributed by atoms with Crippen molar-refractivity contribution in [1.82, 2.24) is 39.3 Å². The molecule has 2 atom stereocenters. The van der Waals surface area contributed by atoms with E-state index in [9.17, 15) is 14.9 Å². The predicted molar refractivity (Wildman–Crippen MR) is 229 cm³/mol. The average Bonchev–Trinajstić information content (AvgIpc) is 3.75. The molecule has 2 aliphatic rings. The molecular formula is C38H51ClN14O4S2. The summed E-state index contributed by atoms with van der Waals surface area (Å²) < 4.78 is 18.8. The third-order valence-corrected chi connectivity index (χ3v) is 9.90. The summed E-state index contributed by atoms with van der Waals surface area (Å²) >= 11 is 8.57. The molecule has 0 radical (unpaired) electrons. The number of nitrogens with zero attached hydrogens (tertiary/aromatic N) is 10. The molecule has 0 aliphatic carbocycles. The summed E-state index contributed by atoms with van der Waals surface area (Å²) in [6.45, 7) is 17.6. The molecule has 2 fully saturated rings. The number of anilines is 5. The van der Waals surface area contributed by atoms with E-state index in [2.05, 4.69) is 55.6 Å². The number of nitrogen functional groups attached to an aromatic ring is 1. The lowest BCUT2D eigenvalue weighted by Gasteiger charge is -2.34. The van der Waals surface area contributed by atoms with Crippen molar-refractivity contribution in [1.29, 1.82) is 10.5 Å². The molecule has 316 valence electrons. The van der Waals surface area contributed by atoms with Gasteiger partial charge in [-0.05, 0) is 116 Å². The van der Waals surface area contributed by atoms with Crippen LogP contribution < -0.4 is 31.5 Å². The molecule has 59 heavy (non-hydrogen) atoms. The van der Waals surface area contributed by atoms with Crippen molar-refractivity contribution < 1.29 is 19.1 Å². The molecule has 6 heterocycles. The Balaban J connectivity index is 0.000000227. The summed E-state index contributed by atoms with van der Waals surface area (Å²) in [5.41, 5.74) is 6.50. The van der Waals surface area contributed by atoms with Gasteiger partial charge in [-0.3, -0.25) is 0 Å². The van der Waals surface area contributed by atoms with Gasteiger partial charge in [-0.15, -0.1) is 0 Å². The van der Waals surface area contributed by atoms with Crippen LogP contribution in [0, 0.1) is 36.5 Å². The third-order valence-electron chi connectivity index (χ3n) is 8.14. The fourth-order valence-electron chi connectivity index (χ4n) is 5.76. The number of hydrogen-bond donors (Lipinski definition) is 4. The highest BCUT2D eigenvalue weighted by Crippen LogP contribution is 2.26. The molecule has 2 unspecified atom stereocenters. The highest BCUT2D eigenvalue weighted by Gasteiger charge is 2.27. The van der Waals surface area contributed by atoms with Gasteiger partial charge in [-0.1, -0.05) is 11.6 Å².